The van der Waals surface area contributed by atoms with Crippen molar-refractivity contribution in [2.24, 2.45) is 27.9 Å². The summed E-state index contributed by atoms with van der Waals surface area (Å²) >= 11 is 0. The lowest BCUT2D eigenvalue weighted by atomic mass is 10.0. The lowest BCUT2D eigenvalue weighted by molar-refractivity contribution is 0.473. The molecule has 0 saturated heterocycles. The molecule has 0 saturated carbocycles. The van der Waals surface area contributed by atoms with E-state index in [4.69, 9.17) is 39.2 Å². The first kappa shape index (κ1) is 24.0. The first-order chi connectivity index (χ1) is 14.1. The van der Waals surface area contributed by atoms with Crippen LogP contribution in [0, 0.1) is 16.2 Å². The van der Waals surface area contributed by atoms with E-state index in [9.17, 15) is 10.2 Å². The van der Waals surface area contributed by atoms with E-state index in [2.05, 4.69) is 11.9 Å². The molecule has 2 aromatic carbocycles. The molecule has 0 amide bonds. The molecule has 0 aliphatic carbocycles. The summed E-state index contributed by atoms with van der Waals surface area (Å²) in [7, 11) is 0. The summed E-state index contributed by atoms with van der Waals surface area (Å²) in [6.07, 6.45) is 1.99. The van der Waals surface area contributed by atoms with Crippen molar-refractivity contribution in [3.8, 4) is 11.5 Å². The Morgan fingerprint density at radius 2 is 1.27 bits per heavy atom. The van der Waals surface area contributed by atoms with Gasteiger partial charge in [0.25, 0.3) is 0 Å². The number of hydrogen-bond acceptors (Lipinski definition) is 6. The number of nitrogens with two attached hydrogens (primary N) is 4. The number of hydrogen-bond donors (Lipinski definition) is 9. The lowest BCUT2D eigenvalue weighted by Gasteiger charge is -2.09. The monoisotopic (exact) mass is 412 g/mol. The van der Waals surface area contributed by atoms with Crippen molar-refractivity contribution < 1.29 is 10.2 Å². The normalized spacial score (nSPS) is 10.6. The SMILES string of the molecule is CCCCN=C(N)c1cccc(O)c1C(=N)N.N=C(N)c1cccc(O)c1C(=N)N. The highest BCUT2D eigenvalue weighted by atomic mass is 16.3. The highest BCUT2D eigenvalue weighted by Gasteiger charge is 2.13. The summed E-state index contributed by atoms with van der Waals surface area (Å²) in [6.45, 7) is 2.70. The quantitative estimate of drug-likeness (QED) is 0.184. The minimum Gasteiger partial charge on any atom is -0.507 e. The van der Waals surface area contributed by atoms with Crippen LogP contribution in [0.4, 0.5) is 0 Å². The second kappa shape index (κ2) is 11.1. The van der Waals surface area contributed by atoms with Gasteiger partial charge in [0.2, 0.25) is 0 Å². The molecule has 2 aromatic rings. The van der Waals surface area contributed by atoms with Crippen LogP contribution in [0.1, 0.15) is 42.0 Å². The third-order valence-corrected chi connectivity index (χ3v) is 3.98. The zero-order valence-corrected chi connectivity index (χ0v) is 16.7. The van der Waals surface area contributed by atoms with Crippen molar-refractivity contribution in [2.45, 2.75) is 19.8 Å². The number of nitrogens with zero attached hydrogens (tertiary/aromatic N) is 1. The number of phenolic OH excluding ortho intramolecular Hbond substituents is 2. The first-order valence-corrected chi connectivity index (χ1v) is 9.09. The Balaban J connectivity index is 0.000000311. The van der Waals surface area contributed by atoms with Crippen LogP contribution in [0.2, 0.25) is 0 Å². The van der Waals surface area contributed by atoms with Gasteiger partial charge in [0.1, 0.15) is 34.8 Å². The van der Waals surface area contributed by atoms with Crippen molar-refractivity contribution in [3.05, 3.63) is 58.7 Å². The molecule has 0 spiro atoms. The number of aliphatic imine (C=N–C) groups is 1. The molecule has 0 heterocycles. The van der Waals surface area contributed by atoms with Crippen LogP contribution in [-0.2, 0) is 0 Å². The average molecular weight is 412 g/mol. The van der Waals surface area contributed by atoms with Crippen LogP contribution in [0.15, 0.2) is 41.4 Å². The van der Waals surface area contributed by atoms with Crippen LogP contribution in [0.5, 0.6) is 11.5 Å². The van der Waals surface area contributed by atoms with Crippen LogP contribution >= 0.6 is 0 Å². The van der Waals surface area contributed by atoms with Gasteiger partial charge in [-0.3, -0.25) is 21.2 Å². The number of aromatic hydroxyl groups is 2. The van der Waals surface area contributed by atoms with Gasteiger partial charge in [-0.1, -0.05) is 37.6 Å². The first-order valence-electron chi connectivity index (χ1n) is 9.09. The van der Waals surface area contributed by atoms with Crippen LogP contribution in [-0.4, -0.2) is 40.1 Å². The van der Waals surface area contributed by atoms with E-state index in [0.717, 1.165) is 12.8 Å². The molecule has 30 heavy (non-hydrogen) atoms. The second-order valence-corrected chi connectivity index (χ2v) is 6.26. The third kappa shape index (κ3) is 6.23. The Labute approximate surface area is 174 Å². The molecular weight excluding hydrogens is 384 g/mol. The molecule has 0 unspecified atom stereocenters. The third-order valence-electron chi connectivity index (χ3n) is 3.98. The van der Waals surface area contributed by atoms with Gasteiger partial charge < -0.3 is 33.1 Å². The maximum absolute atomic E-state index is 9.65. The topological polar surface area (TPSA) is 228 Å². The molecule has 0 atom stereocenters. The largest absolute Gasteiger partial charge is 0.507 e. The summed E-state index contributed by atoms with van der Waals surface area (Å²) in [5.41, 5.74) is 22.8. The molecular formula is C20H28N8O2. The lowest BCUT2D eigenvalue weighted by Crippen LogP contribution is -2.22. The number of phenols is 2. The fourth-order valence-corrected chi connectivity index (χ4v) is 2.53. The summed E-state index contributed by atoms with van der Waals surface area (Å²) in [4.78, 5) is 4.20. The van der Waals surface area contributed by atoms with Crippen LogP contribution in [0.25, 0.3) is 0 Å². The number of nitrogen functional groups attached to an aromatic ring is 3. The second-order valence-electron chi connectivity index (χ2n) is 6.26. The Hall–Kier alpha value is -4.08. The maximum atomic E-state index is 9.65. The van der Waals surface area contributed by atoms with E-state index < -0.39 is 0 Å². The predicted molar refractivity (Wildman–Crippen MR) is 120 cm³/mol. The van der Waals surface area contributed by atoms with Gasteiger partial charge in [0.15, 0.2) is 0 Å². The van der Waals surface area contributed by atoms with Gasteiger partial charge in [-0.2, -0.15) is 0 Å². The summed E-state index contributed by atoms with van der Waals surface area (Å²) < 4.78 is 0. The smallest absolute Gasteiger partial charge is 0.127 e. The Morgan fingerprint density at radius 3 is 1.67 bits per heavy atom. The summed E-state index contributed by atoms with van der Waals surface area (Å²) in [5, 5.41) is 40.8. The van der Waals surface area contributed by atoms with E-state index >= 15 is 0 Å². The van der Waals surface area contributed by atoms with E-state index in [1.54, 1.807) is 18.2 Å². The molecule has 0 radical (unpaired) electrons. The number of nitrogens with one attached hydrogen (secondary N) is 3. The van der Waals surface area contributed by atoms with Crippen LogP contribution < -0.4 is 22.9 Å². The fraction of sp³-hybridized carbons (Fsp3) is 0.200. The van der Waals surface area contributed by atoms with E-state index in [0.29, 0.717) is 17.9 Å². The zero-order chi connectivity index (χ0) is 22.8. The summed E-state index contributed by atoms with van der Waals surface area (Å²) in [5.74, 6) is -0.625. The number of rotatable bonds is 7. The zero-order valence-electron chi connectivity index (χ0n) is 16.7. The highest BCUT2D eigenvalue weighted by Crippen LogP contribution is 2.20. The number of benzene rings is 2. The molecule has 0 aliphatic rings. The molecule has 0 fully saturated rings. The molecule has 2 rings (SSSR count). The van der Waals surface area contributed by atoms with Crippen molar-refractivity contribution in [2.75, 3.05) is 6.54 Å². The minimum absolute atomic E-state index is 0.0522. The highest BCUT2D eigenvalue weighted by molar-refractivity contribution is 6.11. The Kier molecular flexibility index (Phi) is 8.83. The van der Waals surface area contributed by atoms with Crippen molar-refractivity contribution >= 4 is 23.3 Å². The molecule has 13 N–H and O–H groups in total. The van der Waals surface area contributed by atoms with Crippen molar-refractivity contribution in [1.29, 1.82) is 16.2 Å². The summed E-state index contributed by atoms with van der Waals surface area (Å²) in [6, 6.07) is 9.28. The van der Waals surface area contributed by atoms with Gasteiger partial charge in [-0.25, -0.2) is 0 Å². The van der Waals surface area contributed by atoms with Gasteiger partial charge in [0.05, 0.1) is 11.1 Å². The van der Waals surface area contributed by atoms with Crippen molar-refractivity contribution in [1.82, 2.24) is 0 Å². The Bertz CT molecular complexity index is 969. The molecule has 0 aliphatic heterocycles. The number of amidine groups is 4. The van der Waals surface area contributed by atoms with Gasteiger partial charge in [-0.05, 0) is 18.6 Å². The molecule has 0 aromatic heterocycles. The molecule has 10 heteroatoms. The Morgan fingerprint density at radius 1 is 0.800 bits per heavy atom. The maximum Gasteiger partial charge on any atom is 0.127 e. The molecule has 10 nitrogen and oxygen atoms in total. The number of unbranched alkanes of at least 4 members (excludes halogenated alkanes) is 1. The fourth-order valence-electron chi connectivity index (χ4n) is 2.53. The van der Waals surface area contributed by atoms with Crippen LogP contribution in [0.3, 0.4) is 0 Å². The van der Waals surface area contributed by atoms with E-state index in [1.165, 1.54) is 18.2 Å². The standard InChI is InChI=1S/C12H18N4O.C8H10N4O/c1-2-3-7-16-12(15)8-5-4-6-9(17)10(8)11(13)14;9-7(10)4-2-1-3-5(13)6(4)8(11)12/h4-6,17H,2-3,7H2,1H3,(H3,13,14)(H2,15,16);1-3,13H,(H3,9,10)(H3,11,12). The van der Waals surface area contributed by atoms with E-state index in [1.807, 2.05) is 0 Å². The van der Waals surface area contributed by atoms with Gasteiger partial charge in [-0.15, -0.1) is 0 Å². The van der Waals surface area contributed by atoms with Gasteiger partial charge >= 0.3 is 0 Å². The van der Waals surface area contributed by atoms with Crippen molar-refractivity contribution in [3.63, 3.8) is 0 Å². The predicted octanol–water partition coefficient (Wildman–Crippen LogP) is 1.14. The molecule has 0 bridgehead atoms. The van der Waals surface area contributed by atoms with Gasteiger partial charge in [0, 0.05) is 17.7 Å². The average Bonchev–Trinajstić information content (AvgIpc) is 2.67. The molecule has 160 valence electrons. The van der Waals surface area contributed by atoms with E-state index in [-0.39, 0.29) is 45.7 Å². The minimum atomic E-state index is -0.302.